The number of methoxy groups -OCH3 is 3. The Kier molecular flexibility index (Phi) is 8.80. The Morgan fingerprint density at radius 1 is 1.03 bits per heavy atom. The van der Waals surface area contributed by atoms with Gasteiger partial charge in [0.05, 0.1) is 46.8 Å². The molecule has 1 N–H and O–H groups in total. The summed E-state index contributed by atoms with van der Waals surface area (Å²) in [6.45, 7) is 3.38. The third-order valence-electron chi connectivity index (χ3n) is 6.27. The molecule has 1 fully saturated rings. The Morgan fingerprint density at radius 2 is 1.78 bits per heavy atom. The molecule has 1 aliphatic heterocycles. The summed E-state index contributed by atoms with van der Waals surface area (Å²) in [5.74, 6) is 3.24. The lowest BCUT2D eigenvalue weighted by Gasteiger charge is -2.35. The van der Waals surface area contributed by atoms with E-state index >= 15 is 0 Å². The summed E-state index contributed by atoms with van der Waals surface area (Å²) < 4.78 is 27.4. The third kappa shape index (κ3) is 6.35. The van der Waals surface area contributed by atoms with Crippen molar-refractivity contribution < 1.29 is 28.2 Å². The summed E-state index contributed by atoms with van der Waals surface area (Å²) in [5, 5.41) is 3.09. The molecule has 0 aliphatic carbocycles. The van der Waals surface area contributed by atoms with Gasteiger partial charge in [-0.3, -0.25) is 9.69 Å². The SMILES string of the molecule is COc1ccc(-c2cnc(CCC(=O)NCC(c3ccc(OC)c(OC)c3)N3CCOCC3)o2)cc1. The van der Waals surface area contributed by atoms with Crippen molar-refractivity contribution in [3.63, 3.8) is 0 Å². The molecule has 0 radical (unpaired) electrons. The largest absolute Gasteiger partial charge is 0.497 e. The minimum atomic E-state index is -0.0575. The molecule has 9 nitrogen and oxygen atoms in total. The van der Waals surface area contributed by atoms with Gasteiger partial charge in [0, 0.05) is 38.0 Å². The van der Waals surface area contributed by atoms with E-state index in [9.17, 15) is 4.79 Å². The molecule has 9 heteroatoms. The van der Waals surface area contributed by atoms with Gasteiger partial charge >= 0.3 is 0 Å². The number of carbonyl (C=O) groups excluding carboxylic acids is 1. The molecule has 1 atom stereocenters. The molecular formula is C27H33N3O6. The second-order valence-electron chi connectivity index (χ2n) is 8.43. The zero-order valence-electron chi connectivity index (χ0n) is 21.0. The van der Waals surface area contributed by atoms with Crippen LogP contribution in [0.2, 0.25) is 0 Å². The van der Waals surface area contributed by atoms with Crippen LogP contribution in [0.15, 0.2) is 53.1 Å². The first-order valence-corrected chi connectivity index (χ1v) is 12.0. The topological polar surface area (TPSA) is 95.3 Å². The molecule has 0 saturated carbocycles. The monoisotopic (exact) mass is 495 g/mol. The van der Waals surface area contributed by atoms with Crippen LogP contribution in [0.25, 0.3) is 11.3 Å². The molecule has 1 saturated heterocycles. The van der Waals surface area contributed by atoms with E-state index < -0.39 is 0 Å². The number of nitrogens with zero attached hydrogens (tertiary/aromatic N) is 2. The molecule has 2 heterocycles. The van der Waals surface area contributed by atoms with Crippen LogP contribution in [0.3, 0.4) is 0 Å². The van der Waals surface area contributed by atoms with Crippen molar-refractivity contribution in [1.82, 2.24) is 15.2 Å². The second-order valence-corrected chi connectivity index (χ2v) is 8.43. The van der Waals surface area contributed by atoms with Gasteiger partial charge < -0.3 is 28.7 Å². The molecule has 0 bridgehead atoms. The fourth-order valence-corrected chi connectivity index (χ4v) is 4.24. The summed E-state index contributed by atoms with van der Waals surface area (Å²) in [6, 6.07) is 13.4. The van der Waals surface area contributed by atoms with Crippen LogP contribution < -0.4 is 19.5 Å². The van der Waals surface area contributed by atoms with Gasteiger partial charge in [-0.15, -0.1) is 0 Å². The second kappa shape index (κ2) is 12.4. The van der Waals surface area contributed by atoms with Gasteiger partial charge in [0.2, 0.25) is 5.91 Å². The minimum absolute atomic E-state index is 0.0129. The molecule has 1 aliphatic rings. The van der Waals surface area contributed by atoms with Gasteiger partial charge in [-0.1, -0.05) is 6.07 Å². The molecule has 2 aromatic carbocycles. The Bertz CT molecular complexity index is 1120. The number of oxazole rings is 1. The molecule has 4 rings (SSSR count). The van der Waals surface area contributed by atoms with E-state index in [4.69, 9.17) is 23.4 Å². The van der Waals surface area contributed by atoms with Crippen LogP contribution in [-0.4, -0.2) is 70.0 Å². The van der Waals surface area contributed by atoms with Crippen molar-refractivity contribution in [2.24, 2.45) is 0 Å². The zero-order chi connectivity index (χ0) is 25.3. The van der Waals surface area contributed by atoms with Crippen LogP contribution in [0.5, 0.6) is 17.2 Å². The standard InChI is InChI=1S/C27H33N3O6/c1-32-21-7-4-19(5-8-21)25-18-29-27(36-25)11-10-26(31)28-17-22(30-12-14-35-15-13-30)20-6-9-23(33-2)24(16-20)34-3/h4-9,16,18,22H,10-15,17H2,1-3H3,(H,28,31). The van der Waals surface area contributed by atoms with E-state index in [1.54, 1.807) is 27.5 Å². The maximum Gasteiger partial charge on any atom is 0.220 e. The number of aromatic nitrogens is 1. The lowest BCUT2D eigenvalue weighted by Crippen LogP contribution is -2.43. The lowest BCUT2D eigenvalue weighted by molar-refractivity contribution is -0.121. The first-order valence-electron chi connectivity index (χ1n) is 12.0. The summed E-state index contributed by atoms with van der Waals surface area (Å²) in [4.78, 5) is 19.4. The highest BCUT2D eigenvalue weighted by molar-refractivity contribution is 5.76. The third-order valence-corrected chi connectivity index (χ3v) is 6.27. The van der Waals surface area contributed by atoms with Gasteiger partial charge in [0.15, 0.2) is 23.1 Å². The maximum absolute atomic E-state index is 12.7. The fraction of sp³-hybridized carbons (Fsp3) is 0.407. The van der Waals surface area contributed by atoms with Crippen molar-refractivity contribution in [3.8, 4) is 28.6 Å². The van der Waals surface area contributed by atoms with Gasteiger partial charge in [-0.05, 0) is 42.0 Å². The van der Waals surface area contributed by atoms with Crippen molar-refractivity contribution in [2.45, 2.75) is 18.9 Å². The van der Waals surface area contributed by atoms with E-state index in [2.05, 4.69) is 15.2 Å². The predicted octanol–water partition coefficient (Wildman–Crippen LogP) is 3.49. The maximum atomic E-state index is 12.7. The van der Waals surface area contributed by atoms with Crippen LogP contribution >= 0.6 is 0 Å². The van der Waals surface area contributed by atoms with E-state index in [-0.39, 0.29) is 18.4 Å². The van der Waals surface area contributed by atoms with Crippen molar-refractivity contribution >= 4 is 5.91 Å². The first-order chi connectivity index (χ1) is 17.6. The van der Waals surface area contributed by atoms with Crippen LogP contribution in [0, 0.1) is 0 Å². The molecular weight excluding hydrogens is 462 g/mol. The number of morpholine rings is 1. The summed E-state index contributed by atoms with van der Waals surface area (Å²) in [7, 11) is 4.87. The summed E-state index contributed by atoms with van der Waals surface area (Å²) >= 11 is 0. The Hall–Kier alpha value is -3.56. The number of hydrogen-bond acceptors (Lipinski definition) is 8. The Balaban J connectivity index is 1.36. The highest BCUT2D eigenvalue weighted by Crippen LogP contribution is 2.32. The van der Waals surface area contributed by atoms with Gasteiger partial charge in [0.25, 0.3) is 0 Å². The van der Waals surface area contributed by atoms with Gasteiger partial charge in [0.1, 0.15) is 5.75 Å². The quantitative estimate of drug-likeness (QED) is 0.432. The highest BCUT2D eigenvalue weighted by Gasteiger charge is 2.24. The van der Waals surface area contributed by atoms with Gasteiger partial charge in [-0.2, -0.15) is 0 Å². The Morgan fingerprint density at radius 3 is 2.47 bits per heavy atom. The zero-order valence-corrected chi connectivity index (χ0v) is 21.0. The van der Waals surface area contributed by atoms with Crippen molar-refractivity contribution in [3.05, 3.63) is 60.1 Å². The molecule has 1 amide bonds. The molecule has 36 heavy (non-hydrogen) atoms. The van der Waals surface area contributed by atoms with E-state index in [1.165, 1.54) is 0 Å². The van der Waals surface area contributed by atoms with Crippen LogP contribution in [0.4, 0.5) is 0 Å². The molecule has 0 spiro atoms. The highest BCUT2D eigenvalue weighted by atomic mass is 16.5. The molecule has 1 unspecified atom stereocenters. The lowest BCUT2D eigenvalue weighted by atomic mass is 10.0. The number of carbonyl (C=O) groups is 1. The van der Waals surface area contributed by atoms with E-state index in [0.717, 1.165) is 30.0 Å². The number of amides is 1. The Labute approximate surface area is 211 Å². The fourth-order valence-electron chi connectivity index (χ4n) is 4.24. The summed E-state index contributed by atoms with van der Waals surface area (Å²) in [6.07, 6.45) is 2.38. The minimum Gasteiger partial charge on any atom is -0.497 e. The molecule has 3 aromatic rings. The smallest absolute Gasteiger partial charge is 0.220 e. The number of hydrogen-bond donors (Lipinski definition) is 1. The normalized spacial score (nSPS) is 14.8. The van der Waals surface area contributed by atoms with Crippen molar-refractivity contribution in [1.29, 1.82) is 0 Å². The van der Waals surface area contributed by atoms with Crippen LogP contribution in [0.1, 0.15) is 23.9 Å². The molecule has 1 aromatic heterocycles. The first kappa shape index (κ1) is 25.5. The number of benzene rings is 2. The van der Waals surface area contributed by atoms with E-state index in [0.29, 0.717) is 49.3 Å². The van der Waals surface area contributed by atoms with E-state index in [1.807, 2.05) is 42.5 Å². The number of nitrogens with one attached hydrogen (secondary N) is 1. The van der Waals surface area contributed by atoms with Crippen LogP contribution in [-0.2, 0) is 16.0 Å². The number of rotatable bonds is 11. The molecule has 192 valence electrons. The average molecular weight is 496 g/mol. The predicted molar refractivity (Wildman–Crippen MR) is 135 cm³/mol. The van der Waals surface area contributed by atoms with Crippen molar-refractivity contribution in [2.75, 3.05) is 54.2 Å². The summed E-state index contributed by atoms with van der Waals surface area (Å²) in [5.41, 5.74) is 1.95. The number of aryl methyl sites for hydroxylation is 1. The van der Waals surface area contributed by atoms with Gasteiger partial charge in [-0.25, -0.2) is 4.98 Å². The number of ether oxygens (including phenoxy) is 4. The average Bonchev–Trinajstić information content (AvgIpc) is 3.41.